The molecular formula is C14H19BrN2O. The molecule has 4 heteroatoms. The van der Waals surface area contributed by atoms with Gasteiger partial charge in [-0.2, -0.15) is 0 Å². The van der Waals surface area contributed by atoms with E-state index in [4.69, 9.17) is 0 Å². The molecule has 1 fully saturated rings. The van der Waals surface area contributed by atoms with Gasteiger partial charge in [-0.3, -0.25) is 4.79 Å². The van der Waals surface area contributed by atoms with Crippen molar-refractivity contribution in [2.75, 3.05) is 31.6 Å². The lowest BCUT2D eigenvalue weighted by molar-refractivity contribution is -0.127. The van der Waals surface area contributed by atoms with Gasteiger partial charge in [0.1, 0.15) is 0 Å². The molecule has 1 aromatic carbocycles. The van der Waals surface area contributed by atoms with Crippen LogP contribution in [-0.2, 0) is 4.79 Å². The van der Waals surface area contributed by atoms with Gasteiger partial charge in [-0.25, -0.2) is 0 Å². The van der Waals surface area contributed by atoms with Crippen LogP contribution >= 0.6 is 15.9 Å². The fraction of sp³-hybridized carbons (Fsp3) is 0.500. The van der Waals surface area contributed by atoms with Crippen LogP contribution < -0.4 is 4.90 Å². The quantitative estimate of drug-likeness (QED) is 0.780. The molecule has 0 bridgehead atoms. The van der Waals surface area contributed by atoms with E-state index in [0.29, 0.717) is 11.2 Å². The summed E-state index contributed by atoms with van der Waals surface area (Å²) >= 11 is 3.50. The maximum atomic E-state index is 11.6. The van der Waals surface area contributed by atoms with Crippen molar-refractivity contribution in [2.45, 2.75) is 17.7 Å². The molecule has 1 aromatic rings. The molecule has 1 aliphatic rings. The smallest absolute Gasteiger partial charge is 0.223 e. The summed E-state index contributed by atoms with van der Waals surface area (Å²) in [7, 11) is 2.09. The van der Waals surface area contributed by atoms with Crippen LogP contribution in [0.15, 0.2) is 30.3 Å². The van der Waals surface area contributed by atoms with Crippen LogP contribution in [-0.4, -0.2) is 42.3 Å². The molecule has 0 spiro atoms. The average molecular weight is 311 g/mol. The third-order valence-corrected chi connectivity index (χ3v) is 3.90. The number of hydrogen-bond acceptors (Lipinski definition) is 2. The SMILES string of the molecule is CN(CCCN1CC(Br)CC1=O)c1ccccc1. The van der Waals surface area contributed by atoms with Crippen LogP contribution in [0.25, 0.3) is 0 Å². The summed E-state index contributed by atoms with van der Waals surface area (Å²) < 4.78 is 0. The molecular weight excluding hydrogens is 292 g/mol. The van der Waals surface area contributed by atoms with Gasteiger partial charge in [0.15, 0.2) is 0 Å². The van der Waals surface area contributed by atoms with Gasteiger partial charge in [0.25, 0.3) is 0 Å². The molecule has 2 rings (SSSR count). The molecule has 1 heterocycles. The van der Waals surface area contributed by atoms with E-state index in [1.807, 2.05) is 23.1 Å². The highest BCUT2D eigenvalue weighted by Gasteiger charge is 2.26. The summed E-state index contributed by atoms with van der Waals surface area (Å²) in [5.41, 5.74) is 1.23. The first kappa shape index (κ1) is 13.4. The van der Waals surface area contributed by atoms with E-state index in [-0.39, 0.29) is 5.91 Å². The predicted octanol–water partition coefficient (Wildman–Crippen LogP) is 2.51. The van der Waals surface area contributed by atoms with Crippen LogP contribution in [0.5, 0.6) is 0 Å². The normalized spacial score (nSPS) is 19.3. The van der Waals surface area contributed by atoms with Gasteiger partial charge in [0.05, 0.1) is 0 Å². The highest BCUT2D eigenvalue weighted by molar-refractivity contribution is 9.09. The fourth-order valence-electron chi connectivity index (χ4n) is 2.25. The second-order valence-electron chi connectivity index (χ2n) is 4.75. The van der Waals surface area contributed by atoms with Crippen molar-refractivity contribution < 1.29 is 4.79 Å². The molecule has 1 amide bonds. The Balaban J connectivity index is 1.74. The zero-order valence-electron chi connectivity index (χ0n) is 10.7. The Morgan fingerprint density at radius 3 is 2.72 bits per heavy atom. The van der Waals surface area contributed by atoms with Crippen molar-refractivity contribution in [1.82, 2.24) is 4.90 Å². The molecule has 18 heavy (non-hydrogen) atoms. The number of likely N-dealkylation sites (tertiary alicyclic amines) is 1. The molecule has 0 N–H and O–H groups in total. The monoisotopic (exact) mass is 310 g/mol. The third-order valence-electron chi connectivity index (χ3n) is 3.29. The Hall–Kier alpha value is -1.03. The predicted molar refractivity (Wildman–Crippen MR) is 78.2 cm³/mol. The Bertz CT molecular complexity index is 396. The Morgan fingerprint density at radius 1 is 1.39 bits per heavy atom. The maximum Gasteiger partial charge on any atom is 0.223 e. The van der Waals surface area contributed by atoms with Gasteiger partial charge in [0, 0.05) is 43.6 Å². The lowest BCUT2D eigenvalue weighted by atomic mass is 10.3. The van der Waals surface area contributed by atoms with E-state index < -0.39 is 0 Å². The van der Waals surface area contributed by atoms with E-state index in [0.717, 1.165) is 26.1 Å². The summed E-state index contributed by atoms with van der Waals surface area (Å²) in [6, 6.07) is 10.3. The van der Waals surface area contributed by atoms with Crippen LogP contribution in [0.2, 0.25) is 0 Å². The summed E-state index contributed by atoms with van der Waals surface area (Å²) in [4.78, 5) is 16.1. The highest BCUT2D eigenvalue weighted by Crippen LogP contribution is 2.18. The number of carbonyl (C=O) groups excluding carboxylic acids is 1. The largest absolute Gasteiger partial charge is 0.375 e. The van der Waals surface area contributed by atoms with Crippen LogP contribution in [0.1, 0.15) is 12.8 Å². The molecule has 1 aliphatic heterocycles. The van der Waals surface area contributed by atoms with Crippen molar-refractivity contribution in [3.8, 4) is 0 Å². The number of amides is 1. The third kappa shape index (κ3) is 3.48. The first-order chi connectivity index (χ1) is 8.66. The molecule has 0 aliphatic carbocycles. The van der Waals surface area contributed by atoms with Crippen molar-refractivity contribution in [3.63, 3.8) is 0 Å². The average Bonchev–Trinajstić information content (AvgIpc) is 2.69. The second kappa shape index (κ2) is 6.23. The van der Waals surface area contributed by atoms with Crippen molar-refractivity contribution in [2.24, 2.45) is 0 Å². The summed E-state index contributed by atoms with van der Waals surface area (Å²) in [5, 5.41) is 0. The van der Waals surface area contributed by atoms with Gasteiger partial charge in [-0.15, -0.1) is 0 Å². The van der Waals surface area contributed by atoms with Crippen LogP contribution in [0.3, 0.4) is 0 Å². The first-order valence-electron chi connectivity index (χ1n) is 6.35. The number of anilines is 1. The first-order valence-corrected chi connectivity index (χ1v) is 7.26. The number of carbonyl (C=O) groups is 1. The summed E-state index contributed by atoms with van der Waals surface area (Å²) in [6.07, 6.45) is 1.66. The minimum absolute atomic E-state index is 0.277. The van der Waals surface area contributed by atoms with Crippen molar-refractivity contribution in [1.29, 1.82) is 0 Å². The molecule has 0 aromatic heterocycles. The summed E-state index contributed by atoms with van der Waals surface area (Å²) in [5.74, 6) is 0.277. The maximum absolute atomic E-state index is 11.6. The molecule has 1 saturated heterocycles. The second-order valence-corrected chi connectivity index (χ2v) is 6.05. The number of benzene rings is 1. The fourth-order valence-corrected chi connectivity index (χ4v) is 2.88. The Labute approximate surface area is 117 Å². The molecule has 1 unspecified atom stereocenters. The molecule has 1 atom stereocenters. The van der Waals surface area contributed by atoms with Crippen LogP contribution in [0.4, 0.5) is 5.69 Å². The standard InChI is InChI=1S/C14H19BrN2O/c1-16(13-6-3-2-4-7-13)8-5-9-17-11-12(15)10-14(17)18/h2-4,6-7,12H,5,8-11H2,1H3. The van der Waals surface area contributed by atoms with E-state index in [9.17, 15) is 4.79 Å². The molecule has 0 saturated carbocycles. The van der Waals surface area contributed by atoms with Crippen LogP contribution in [0, 0.1) is 0 Å². The van der Waals surface area contributed by atoms with Gasteiger partial charge in [-0.05, 0) is 18.6 Å². The van der Waals surface area contributed by atoms with Gasteiger partial charge in [-0.1, -0.05) is 34.1 Å². The summed E-state index contributed by atoms with van der Waals surface area (Å²) in [6.45, 7) is 2.69. The minimum atomic E-state index is 0.277. The highest BCUT2D eigenvalue weighted by atomic mass is 79.9. The van der Waals surface area contributed by atoms with E-state index in [1.54, 1.807) is 0 Å². The Morgan fingerprint density at radius 2 is 2.11 bits per heavy atom. The molecule has 3 nitrogen and oxygen atoms in total. The number of hydrogen-bond donors (Lipinski definition) is 0. The lowest BCUT2D eigenvalue weighted by Crippen LogP contribution is -2.29. The number of alkyl halides is 1. The zero-order chi connectivity index (χ0) is 13.0. The number of nitrogens with zero attached hydrogens (tertiary/aromatic N) is 2. The van der Waals surface area contributed by atoms with E-state index >= 15 is 0 Å². The number of para-hydroxylation sites is 1. The van der Waals surface area contributed by atoms with E-state index in [1.165, 1.54) is 5.69 Å². The molecule has 98 valence electrons. The van der Waals surface area contributed by atoms with Crippen molar-refractivity contribution in [3.05, 3.63) is 30.3 Å². The van der Waals surface area contributed by atoms with E-state index in [2.05, 4.69) is 40.0 Å². The zero-order valence-corrected chi connectivity index (χ0v) is 12.3. The van der Waals surface area contributed by atoms with Gasteiger partial charge in [0.2, 0.25) is 5.91 Å². The molecule has 0 radical (unpaired) electrons. The number of rotatable bonds is 5. The van der Waals surface area contributed by atoms with Gasteiger partial charge < -0.3 is 9.80 Å². The lowest BCUT2D eigenvalue weighted by Gasteiger charge is -2.21. The minimum Gasteiger partial charge on any atom is -0.375 e. The van der Waals surface area contributed by atoms with Crippen molar-refractivity contribution >= 4 is 27.5 Å². The number of halogens is 1. The van der Waals surface area contributed by atoms with Gasteiger partial charge >= 0.3 is 0 Å². The Kier molecular flexibility index (Phi) is 4.64. The topological polar surface area (TPSA) is 23.6 Å².